The van der Waals surface area contributed by atoms with Crippen molar-refractivity contribution in [3.63, 3.8) is 0 Å². The lowest BCUT2D eigenvalue weighted by Crippen LogP contribution is -2.48. The molecule has 1 aromatic rings. The highest BCUT2D eigenvalue weighted by molar-refractivity contribution is 5.36. The Morgan fingerprint density at radius 2 is 1.88 bits per heavy atom. The van der Waals surface area contributed by atoms with Gasteiger partial charge < -0.3 is 9.94 Å². The summed E-state index contributed by atoms with van der Waals surface area (Å²) >= 11 is 0. The first-order chi connectivity index (χ1) is 7.77. The maximum atomic E-state index is 9.40. The number of aryl methyl sites for hydroxylation is 1. The van der Waals surface area contributed by atoms with Crippen LogP contribution in [0.3, 0.4) is 0 Å². The molecule has 2 aliphatic rings. The lowest BCUT2D eigenvalue weighted by molar-refractivity contribution is -0.143. The SMILES string of the molecule is ON1CCC2(CCc3ccccc3O2)CC1. The van der Waals surface area contributed by atoms with Crippen LogP contribution in [-0.2, 0) is 6.42 Å². The number of benzene rings is 1. The van der Waals surface area contributed by atoms with E-state index in [2.05, 4.69) is 18.2 Å². The van der Waals surface area contributed by atoms with Gasteiger partial charge in [0.25, 0.3) is 0 Å². The number of fused-ring (bicyclic) bond motifs is 1. The Labute approximate surface area is 95.6 Å². The third kappa shape index (κ3) is 1.70. The van der Waals surface area contributed by atoms with Gasteiger partial charge in [0, 0.05) is 25.9 Å². The monoisotopic (exact) mass is 219 g/mol. The average molecular weight is 219 g/mol. The molecule has 0 radical (unpaired) electrons. The van der Waals surface area contributed by atoms with Crippen LogP contribution in [0.5, 0.6) is 5.75 Å². The van der Waals surface area contributed by atoms with Crippen molar-refractivity contribution in [2.45, 2.75) is 31.3 Å². The number of nitrogens with zero attached hydrogens (tertiary/aromatic N) is 1. The summed E-state index contributed by atoms with van der Waals surface area (Å²) in [4.78, 5) is 0. The number of hydrogen-bond donors (Lipinski definition) is 1. The van der Waals surface area contributed by atoms with Crippen LogP contribution in [0.2, 0.25) is 0 Å². The van der Waals surface area contributed by atoms with Crippen molar-refractivity contribution in [2.75, 3.05) is 13.1 Å². The summed E-state index contributed by atoms with van der Waals surface area (Å²) in [5, 5.41) is 10.8. The van der Waals surface area contributed by atoms with Crippen molar-refractivity contribution in [2.24, 2.45) is 0 Å². The Bertz CT molecular complexity index is 383. The third-order valence-electron chi connectivity index (χ3n) is 3.80. The number of para-hydroxylation sites is 1. The zero-order chi connectivity index (χ0) is 11.0. The molecule has 1 spiro atoms. The number of hydroxylamine groups is 2. The van der Waals surface area contributed by atoms with Crippen LogP contribution < -0.4 is 4.74 Å². The molecule has 1 fully saturated rings. The smallest absolute Gasteiger partial charge is 0.123 e. The van der Waals surface area contributed by atoms with E-state index in [-0.39, 0.29) is 5.60 Å². The number of hydrogen-bond acceptors (Lipinski definition) is 3. The van der Waals surface area contributed by atoms with Crippen molar-refractivity contribution >= 4 is 0 Å². The Morgan fingerprint density at radius 3 is 2.69 bits per heavy atom. The summed E-state index contributed by atoms with van der Waals surface area (Å²) in [5.41, 5.74) is 1.30. The molecule has 0 amide bonds. The van der Waals surface area contributed by atoms with Gasteiger partial charge in [-0.1, -0.05) is 18.2 Å². The van der Waals surface area contributed by atoms with E-state index in [0.29, 0.717) is 0 Å². The number of rotatable bonds is 0. The molecule has 16 heavy (non-hydrogen) atoms. The van der Waals surface area contributed by atoms with Crippen LogP contribution in [0.1, 0.15) is 24.8 Å². The van der Waals surface area contributed by atoms with E-state index in [1.807, 2.05) is 6.07 Å². The van der Waals surface area contributed by atoms with Crippen molar-refractivity contribution in [1.29, 1.82) is 0 Å². The largest absolute Gasteiger partial charge is 0.487 e. The highest BCUT2D eigenvalue weighted by atomic mass is 16.5. The van der Waals surface area contributed by atoms with E-state index < -0.39 is 0 Å². The maximum absolute atomic E-state index is 9.40. The minimum atomic E-state index is -0.0203. The number of piperidine rings is 1. The number of ether oxygens (including phenoxy) is 1. The van der Waals surface area contributed by atoms with Gasteiger partial charge in [-0.2, -0.15) is 5.06 Å². The molecule has 1 saturated heterocycles. The van der Waals surface area contributed by atoms with Gasteiger partial charge in [0.05, 0.1) is 0 Å². The summed E-state index contributed by atoms with van der Waals surface area (Å²) in [6.07, 6.45) is 4.04. The quantitative estimate of drug-likeness (QED) is 0.726. The Morgan fingerprint density at radius 1 is 1.12 bits per heavy atom. The Balaban J connectivity index is 1.82. The topological polar surface area (TPSA) is 32.7 Å². The maximum Gasteiger partial charge on any atom is 0.123 e. The molecule has 0 bridgehead atoms. The molecule has 3 heteroatoms. The van der Waals surface area contributed by atoms with E-state index in [9.17, 15) is 5.21 Å². The van der Waals surface area contributed by atoms with Gasteiger partial charge >= 0.3 is 0 Å². The molecule has 0 aromatic heterocycles. The molecule has 1 aromatic carbocycles. The summed E-state index contributed by atoms with van der Waals surface area (Å²) in [6, 6.07) is 8.29. The molecule has 86 valence electrons. The van der Waals surface area contributed by atoms with Crippen LogP contribution in [-0.4, -0.2) is 29.0 Å². The van der Waals surface area contributed by atoms with Gasteiger partial charge in [0.15, 0.2) is 0 Å². The first-order valence-corrected chi connectivity index (χ1v) is 5.98. The molecule has 0 atom stereocenters. The van der Waals surface area contributed by atoms with Crippen LogP contribution >= 0.6 is 0 Å². The highest BCUT2D eigenvalue weighted by Gasteiger charge is 2.38. The van der Waals surface area contributed by atoms with E-state index in [4.69, 9.17) is 4.74 Å². The zero-order valence-corrected chi connectivity index (χ0v) is 9.35. The van der Waals surface area contributed by atoms with Crippen LogP contribution in [0.4, 0.5) is 0 Å². The standard InChI is InChI=1S/C13H17NO2/c15-14-9-7-13(8-10-14)6-5-11-3-1-2-4-12(11)16-13/h1-4,15H,5-10H2. The summed E-state index contributed by atoms with van der Waals surface area (Å²) in [6.45, 7) is 1.45. The summed E-state index contributed by atoms with van der Waals surface area (Å²) < 4.78 is 6.17. The molecular weight excluding hydrogens is 202 g/mol. The molecule has 0 saturated carbocycles. The minimum Gasteiger partial charge on any atom is -0.487 e. The molecule has 2 aliphatic heterocycles. The second-order valence-corrected chi connectivity index (χ2v) is 4.85. The second-order valence-electron chi connectivity index (χ2n) is 4.85. The van der Waals surface area contributed by atoms with Gasteiger partial charge in [-0.05, 0) is 24.5 Å². The molecule has 2 heterocycles. The van der Waals surface area contributed by atoms with Crippen LogP contribution in [0, 0.1) is 0 Å². The van der Waals surface area contributed by atoms with E-state index in [0.717, 1.165) is 44.5 Å². The molecular formula is C13H17NO2. The lowest BCUT2D eigenvalue weighted by atomic mass is 9.83. The molecule has 3 rings (SSSR count). The highest BCUT2D eigenvalue weighted by Crippen LogP contribution is 2.38. The zero-order valence-electron chi connectivity index (χ0n) is 9.35. The van der Waals surface area contributed by atoms with Gasteiger partial charge in [-0.15, -0.1) is 0 Å². The van der Waals surface area contributed by atoms with Gasteiger partial charge in [-0.25, -0.2) is 0 Å². The third-order valence-corrected chi connectivity index (χ3v) is 3.80. The Kier molecular flexibility index (Phi) is 2.37. The van der Waals surface area contributed by atoms with Crippen LogP contribution in [0.25, 0.3) is 0 Å². The summed E-state index contributed by atoms with van der Waals surface area (Å²) in [7, 11) is 0. The minimum absolute atomic E-state index is 0.0203. The lowest BCUT2D eigenvalue weighted by Gasteiger charge is -2.43. The van der Waals surface area contributed by atoms with Crippen molar-refractivity contribution in [1.82, 2.24) is 5.06 Å². The average Bonchev–Trinajstić information content (AvgIpc) is 2.33. The fourth-order valence-corrected chi connectivity index (χ4v) is 2.71. The fourth-order valence-electron chi connectivity index (χ4n) is 2.71. The summed E-state index contributed by atoms with van der Waals surface area (Å²) in [5.74, 6) is 1.04. The predicted octanol–water partition coefficient (Wildman–Crippen LogP) is 2.24. The molecule has 0 aliphatic carbocycles. The van der Waals surface area contributed by atoms with E-state index in [1.54, 1.807) is 0 Å². The molecule has 1 N–H and O–H groups in total. The van der Waals surface area contributed by atoms with Gasteiger partial charge in [0.2, 0.25) is 0 Å². The van der Waals surface area contributed by atoms with Crippen molar-refractivity contribution in [3.05, 3.63) is 29.8 Å². The molecule has 3 nitrogen and oxygen atoms in total. The van der Waals surface area contributed by atoms with Crippen molar-refractivity contribution < 1.29 is 9.94 Å². The predicted molar refractivity (Wildman–Crippen MR) is 60.7 cm³/mol. The Hall–Kier alpha value is -1.06. The molecule has 0 unspecified atom stereocenters. The van der Waals surface area contributed by atoms with Crippen molar-refractivity contribution in [3.8, 4) is 5.75 Å². The van der Waals surface area contributed by atoms with E-state index >= 15 is 0 Å². The van der Waals surface area contributed by atoms with Gasteiger partial charge in [0.1, 0.15) is 11.4 Å². The normalized spacial score (nSPS) is 23.8. The van der Waals surface area contributed by atoms with Gasteiger partial charge in [-0.3, -0.25) is 0 Å². The first kappa shape index (κ1) is 10.1. The first-order valence-electron chi connectivity index (χ1n) is 5.98. The van der Waals surface area contributed by atoms with Crippen LogP contribution in [0.15, 0.2) is 24.3 Å². The second kappa shape index (κ2) is 3.75. The van der Waals surface area contributed by atoms with E-state index in [1.165, 1.54) is 10.6 Å². The fraction of sp³-hybridized carbons (Fsp3) is 0.538.